The number of rotatable bonds is 8. The Morgan fingerprint density at radius 3 is 2.79 bits per heavy atom. The molecule has 2 atom stereocenters. The van der Waals surface area contributed by atoms with Crippen LogP contribution in [0.1, 0.15) is 41.4 Å². The highest BCUT2D eigenvalue weighted by Crippen LogP contribution is 2.36. The van der Waals surface area contributed by atoms with Crippen LogP contribution >= 0.6 is 11.6 Å². The average molecular weight is 593 g/mol. The van der Waals surface area contributed by atoms with Gasteiger partial charge in [-0.2, -0.15) is 0 Å². The van der Waals surface area contributed by atoms with Gasteiger partial charge in [-0.05, 0) is 44.0 Å². The van der Waals surface area contributed by atoms with Crippen molar-refractivity contribution in [2.75, 3.05) is 18.5 Å². The van der Waals surface area contributed by atoms with E-state index in [1.54, 1.807) is 31.3 Å². The van der Waals surface area contributed by atoms with Crippen molar-refractivity contribution in [1.29, 1.82) is 0 Å². The van der Waals surface area contributed by atoms with E-state index in [9.17, 15) is 14.0 Å². The number of anilines is 1. The van der Waals surface area contributed by atoms with Crippen LogP contribution in [-0.4, -0.2) is 52.1 Å². The Hall–Kier alpha value is -4.48. The number of ether oxygens (including phenoxy) is 3. The van der Waals surface area contributed by atoms with Crippen molar-refractivity contribution in [3.8, 4) is 11.5 Å². The number of aryl methyl sites for hydroxylation is 1. The Kier molecular flexibility index (Phi) is 7.53. The van der Waals surface area contributed by atoms with Crippen LogP contribution in [0, 0.1) is 12.7 Å². The van der Waals surface area contributed by atoms with Gasteiger partial charge < -0.3 is 28.9 Å². The standard InChI is InChI=1S/C30H26ClFN4O6/c1-15-7-17-8-18(32)9-25(28(17)41-15)42-20-5-6-22(24(31)10-20)27(38)23-11-33-29-26(23)30(35-14-34-29)36-19-3-4-21(40-12-19)13-39-16(2)37/h5-11,14,19,21H,3-4,12-13H2,1-2H3,(H2,33,34,35,36)/t19-,21+/m1/s1. The Morgan fingerprint density at radius 2 is 2.02 bits per heavy atom. The van der Waals surface area contributed by atoms with Crippen LogP contribution in [0.5, 0.6) is 11.5 Å². The summed E-state index contributed by atoms with van der Waals surface area (Å²) in [5.74, 6) is 0.460. The first-order valence-electron chi connectivity index (χ1n) is 13.3. The van der Waals surface area contributed by atoms with Crippen LogP contribution in [0.4, 0.5) is 10.2 Å². The highest BCUT2D eigenvalue weighted by atomic mass is 35.5. The van der Waals surface area contributed by atoms with Crippen LogP contribution in [0.2, 0.25) is 5.02 Å². The molecule has 1 aliphatic rings. The van der Waals surface area contributed by atoms with E-state index in [2.05, 4.69) is 20.3 Å². The monoisotopic (exact) mass is 592 g/mol. The maximum absolute atomic E-state index is 14.2. The third-order valence-corrected chi connectivity index (χ3v) is 7.29. The van der Waals surface area contributed by atoms with E-state index in [1.165, 1.54) is 31.5 Å². The fraction of sp³-hybridized carbons (Fsp3) is 0.267. The van der Waals surface area contributed by atoms with E-state index in [4.69, 9.17) is 30.2 Å². The van der Waals surface area contributed by atoms with Crippen LogP contribution < -0.4 is 10.1 Å². The van der Waals surface area contributed by atoms with Crippen LogP contribution in [-0.2, 0) is 14.3 Å². The maximum Gasteiger partial charge on any atom is 0.302 e. The Bertz CT molecular complexity index is 1810. The highest BCUT2D eigenvalue weighted by molar-refractivity contribution is 6.35. The van der Waals surface area contributed by atoms with E-state index < -0.39 is 5.82 Å². The molecule has 6 rings (SSSR count). The number of H-pyrrole nitrogens is 1. The molecule has 3 aromatic heterocycles. The minimum Gasteiger partial charge on any atom is -0.463 e. The third kappa shape index (κ3) is 5.65. The summed E-state index contributed by atoms with van der Waals surface area (Å²) in [6.07, 6.45) is 4.27. The number of nitrogens with one attached hydrogen (secondary N) is 2. The first-order chi connectivity index (χ1) is 20.2. The number of aromatic nitrogens is 3. The van der Waals surface area contributed by atoms with Gasteiger partial charge in [0.2, 0.25) is 0 Å². The zero-order chi connectivity index (χ0) is 29.4. The van der Waals surface area contributed by atoms with Crippen molar-refractivity contribution in [3.63, 3.8) is 0 Å². The summed E-state index contributed by atoms with van der Waals surface area (Å²) in [5.41, 5.74) is 1.48. The SMILES string of the molecule is CC(=O)OC[C@@H]1CC[C@@H](Nc2ncnc3[nH]cc(C(=O)c4ccc(Oc5cc(F)cc6cc(C)oc56)cc4Cl)c23)CO1. The molecule has 0 bridgehead atoms. The van der Waals surface area contributed by atoms with E-state index in [0.717, 1.165) is 6.42 Å². The Balaban J connectivity index is 1.21. The molecule has 1 aliphatic heterocycles. The number of halogens is 2. The number of carbonyl (C=O) groups is 2. The Morgan fingerprint density at radius 1 is 1.17 bits per heavy atom. The topological polar surface area (TPSA) is 129 Å². The number of hydrogen-bond donors (Lipinski definition) is 2. The zero-order valence-corrected chi connectivity index (χ0v) is 23.5. The molecule has 10 nitrogen and oxygen atoms in total. The molecule has 2 N–H and O–H groups in total. The van der Waals surface area contributed by atoms with Crippen molar-refractivity contribution in [2.45, 2.75) is 38.8 Å². The molecule has 1 fully saturated rings. The lowest BCUT2D eigenvalue weighted by molar-refractivity contribution is -0.146. The van der Waals surface area contributed by atoms with Gasteiger partial charge in [-0.25, -0.2) is 14.4 Å². The predicted octanol–water partition coefficient (Wildman–Crippen LogP) is 6.35. The first kappa shape index (κ1) is 27.7. The lowest BCUT2D eigenvalue weighted by Crippen LogP contribution is -2.37. The molecular formula is C30H26ClFN4O6. The molecule has 0 spiro atoms. The van der Waals surface area contributed by atoms with Crippen molar-refractivity contribution in [2.24, 2.45) is 0 Å². The molecule has 0 radical (unpaired) electrons. The van der Waals surface area contributed by atoms with Crippen LogP contribution in [0.25, 0.3) is 22.0 Å². The zero-order valence-electron chi connectivity index (χ0n) is 22.7. The number of ketones is 1. The molecule has 2 aromatic carbocycles. The van der Waals surface area contributed by atoms with Gasteiger partial charge >= 0.3 is 5.97 Å². The normalized spacial score (nSPS) is 17.0. The number of nitrogens with zero attached hydrogens (tertiary/aromatic N) is 2. The summed E-state index contributed by atoms with van der Waals surface area (Å²) in [5, 5.41) is 4.62. The number of benzene rings is 2. The number of aromatic amines is 1. The van der Waals surface area contributed by atoms with Gasteiger partial charge in [-0.1, -0.05) is 11.6 Å². The smallest absolute Gasteiger partial charge is 0.302 e. The lowest BCUT2D eigenvalue weighted by Gasteiger charge is -2.29. The second-order valence-electron chi connectivity index (χ2n) is 10.1. The van der Waals surface area contributed by atoms with Gasteiger partial charge in [0.05, 0.1) is 34.7 Å². The maximum atomic E-state index is 14.2. The molecule has 1 saturated heterocycles. The van der Waals surface area contributed by atoms with Crippen molar-refractivity contribution < 1.29 is 32.6 Å². The second kappa shape index (κ2) is 11.4. The quantitative estimate of drug-likeness (QED) is 0.156. The molecular weight excluding hydrogens is 567 g/mol. The lowest BCUT2D eigenvalue weighted by atomic mass is 10.0. The van der Waals surface area contributed by atoms with E-state index >= 15 is 0 Å². The van der Waals surface area contributed by atoms with Crippen molar-refractivity contribution in [1.82, 2.24) is 15.0 Å². The first-order valence-corrected chi connectivity index (χ1v) is 13.7. The minimum absolute atomic E-state index is 0.0678. The molecule has 42 heavy (non-hydrogen) atoms. The summed E-state index contributed by atoms with van der Waals surface area (Å²) < 4.78 is 36.6. The number of esters is 1. The summed E-state index contributed by atoms with van der Waals surface area (Å²) in [6, 6.07) is 8.89. The highest BCUT2D eigenvalue weighted by Gasteiger charge is 2.26. The molecule has 5 aromatic rings. The number of carbonyl (C=O) groups excluding carboxylic acids is 2. The summed E-state index contributed by atoms with van der Waals surface area (Å²) in [4.78, 5) is 36.5. The third-order valence-electron chi connectivity index (χ3n) is 6.98. The molecule has 4 heterocycles. The molecule has 0 amide bonds. The second-order valence-corrected chi connectivity index (χ2v) is 10.5. The summed E-state index contributed by atoms with van der Waals surface area (Å²) >= 11 is 6.56. The number of fused-ring (bicyclic) bond motifs is 2. The van der Waals surface area contributed by atoms with Gasteiger partial charge in [0.1, 0.15) is 41.7 Å². The molecule has 12 heteroatoms. The largest absolute Gasteiger partial charge is 0.463 e. The van der Waals surface area contributed by atoms with E-state index in [0.29, 0.717) is 57.9 Å². The van der Waals surface area contributed by atoms with E-state index in [1.807, 2.05) is 0 Å². The molecule has 216 valence electrons. The van der Waals surface area contributed by atoms with Gasteiger partial charge in [0.15, 0.2) is 17.1 Å². The summed E-state index contributed by atoms with van der Waals surface area (Å²) in [6.45, 7) is 3.73. The predicted molar refractivity (Wildman–Crippen MR) is 153 cm³/mol. The summed E-state index contributed by atoms with van der Waals surface area (Å²) in [7, 11) is 0. The van der Waals surface area contributed by atoms with Gasteiger partial charge in [-0.15, -0.1) is 0 Å². The Labute approximate surface area is 244 Å². The fourth-order valence-corrected chi connectivity index (χ4v) is 5.27. The number of hydrogen-bond acceptors (Lipinski definition) is 9. The van der Waals surface area contributed by atoms with Crippen molar-refractivity contribution in [3.05, 3.63) is 76.6 Å². The fourth-order valence-electron chi connectivity index (χ4n) is 5.01. The molecule has 0 saturated carbocycles. The van der Waals surface area contributed by atoms with Crippen LogP contribution in [0.3, 0.4) is 0 Å². The van der Waals surface area contributed by atoms with Gasteiger partial charge in [-0.3, -0.25) is 9.59 Å². The van der Waals surface area contributed by atoms with E-state index in [-0.39, 0.29) is 46.8 Å². The minimum atomic E-state index is -0.469. The number of furan rings is 1. The van der Waals surface area contributed by atoms with Gasteiger partial charge in [0.25, 0.3) is 0 Å². The molecule has 0 unspecified atom stereocenters. The van der Waals surface area contributed by atoms with Crippen LogP contribution in [0.15, 0.2) is 53.3 Å². The van der Waals surface area contributed by atoms with Crippen molar-refractivity contribution >= 4 is 51.2 Å². The average Bonchev–Trinajstić information content (AvgIpc) is 3.56. The molecule has 0 aliphatic carbocycles. The van der Waals surface area contributed by atoms with Gasteiger partial charge in [0, 0.05) is 36.2 Å².